The lowest BCUT2D eigenvalue weighted by atomic mass is 10.1. The molecule has 0 fully saturated rings. The van der Waals surface area contributed by atoms with Crippen LogP contribution in [0, 0.1) is 0 Å². The highest BCUT2D eigenvalue weighted by atomic mass is 35.5. The normalized spacial score (nSPS) is 13.3. The number of carbonyl (C=O) groups is 2. The molecule has 190 valence electrons. The van der Waals surface area contributed by atoms with Gasteiger partial charge in [0.2, 0.25) is 28.6 Å². The number of carbonyl (C=O) groups excluding carboxylic acids is 2. The minimum Gasteiger partial charge on any atom is -0.454 e. The summed E-state index contributed by atoms with van der Waals surface area (Å²) in [6, 6.07) is 8.54. The van der Waals surface area contributed by atoms with Crippen LogP contribution in [0.4, 0.5) is 5.69 Å². The van der Waals surface area contributed by atoms with Gasteiger partial charge in [0.05, 0.1) is 11.9 Å². The lowest BCUT2D eigenvalue weighted by Crippen LogP contribution is -2.51. The van der Waals surface area contributed by atoms with E-state index in [0.29, 0.717) is 33.7 Å². The van der Waals surface area contributed by atoms with Crippen molar-refractivity contribution in [1.82, 2.24) is 10.2 Å². The van der Waals surface area contributed by atoms with Crippen LogP contribution in [0.15, 0.2) is 36.4 Å². The van der Waals surface area contributed by atoms with Crippen molar-refractivity contribution in [2.24, 2.45) is 0 Å². The van der Waals surface area contributed by atoms with E-state index in [0.717, 1.165) is 17.0 Å². The van der Waals surface area contributed by atoms with Gasteiger partial charge in [0.15, 0.2) is 11.5 Å². The molecule has 35 heavy (non-hydrogen) atoms. The number of sulfonamides is 1. The Bertz CT molecular complexity index is 1210. The van der Waals surface area contributed by atoms with Gasteiger partial charge < -0.3 is 19.7 Å². The van der Waals surface area contributed by atoms with Crippen LogP contribution in [0.2, 0.25) is 10.0 Å². The number of benzene rings is 2. The Morgan fingerprint density at radius 1 is 1.11 bits per heavy atom. The third-order valence-electron chi connectivity index (χ3n) is 5.40. The first-order valence-corrected chi connectivity index (χ1v) is 13.5. The first-order valence-electron chi connectivity index (χ1n) is 10.9. The van der Waals surface area contributed by atoms with Crippen LogP contribution in [0.3, 0.4) is 0 Å². The molecule has 0 radical (unpaired) electrons. The van der Waals surface area contributed by atoms with Crippen LogP contribution in [0.1, 0.15) is 25.8 Å². The maximum Gasteiger partial charge on any atom is 0.244 e. The molecule has 1 aliphatic rings. The van der Waals surface area contributed by atoms with Crippen molar-refractivity contribution in [2.45, 2.75) is 32.9 Å². The Hall–Kier alpha value is -2.69. The van der Waals surface area contributed by atoms with Crippen molar-refractivity contribution < 1.29 is 27.5 Å². The van der Waals surface area contributed by atoms with Gasteiger partial charge in [-0.1, -0.05) is 36.2 Å². The zero-order chi connectivity index (χ0) is 25.8. The number of ether oxygens (including phenoxy) is 2. The molecule has 1 aliphatic heterocycles. The summed E-state index contributed by atoms with van der Waals surface area (Å²) in [7, 11) is -3.87. The monoisotopic (exact) mass is 543 g/mol. The van der Waals surface area contributed by atoms with Gasteiger partial charge in [-0.05, 0) is 43.2 Å². The second-order valence-corrected chi connectivity index (χ2v) is 10.8. The molecule has 2 aromatic carbocycles. The van der Waals surface area contributed by atoms with E-state index in [1.165, 1.54) is 17.0 Å². The van der Waals surface area contributed by atoms with E-state index < -0.39 is 28.5 Å². The van der Waals surface area contributed by atoms with Gasteiger partial charge in [-0.3, -0.25) is 13.9 Å². The third-order valence-corrected chi connectivity index (χ3v) is 7.12. The summed E-state index contributed by atoms with van der Waals surface area (Å²) >= 11 is 12.3. The molecule has 0 aliphatic carbocycles. The smallest absolute Gasteiger partial charge is 0.244 e. The number of nitrogens with zero attached hydrogens (tertiary/aromatic N) is 2. The summed E-state index contributed by atoms with van der Waals surface area (Å²) in [5.41, 5.74) is 0.797. The molecule has 0 bridgehead atoms. The van der Waals surface area contributed by atoms with Gasteiger partial charge >= 0.3 is 0 Å². The topological polar surface area (TPSA) is 105 Å². The number of rotatable bonds is 10. The first kappa shape index (κ1) is 26.9. The van der Waals surface area contributed by atoms with E-state index in [-0.39, 0.29) is 24.9 Å². The van der Waals surface area contributed by atoms with Crippen molar-refractivity contribution in [3.63, 3.8) is 0 Å². The maximum absolute atomic E-state index is 13.5. The fourth-order valence-corrected chi connectivity index (χ4v) is 4.78. The van der Waals surface area contributed by atoms with Gasteiger partial charge in [0.1, 0.15) is 12.6 Å². The highest BCUT2D eigenvalue weighted by molar-refractivity contribution is 7.92. The maximum atomic E-state index is 13.5. The quantitative estimate of drug-likeness (QED) is 0.492. The molecule has 1 heterocycles. The van der Waals surface area contributed by atoms with Crippen molar-refractivity contribution in [3.8, 4) is 11.5 Å². The second-order valence-electron chi connectivity index (χ2n) is 8.03. The minimum atomic E-state index is -3.87. The number of fused-ring (bicyclic) bond motifs is 1. The number of hydrogen-bond acceptors (Lipinski definition) is 6. The van der Waals surface area contributed by atoms with Crippen molar-refractivity contribution >= 4 is 50.7 Å². The van der Waals surface area contributed by atoms with Crippen molar-refractivity contribution in [3.05, 3.63) is 52.0 Å². The standard InChI is InChI=1S/C23H27Cl2N3O6S/c1-4-9-26-23(30)15(2)27(12-16-5-6-17(24)10-19(16)25)22(29)13-28(35(3,31)32)18-7-8-20-21(11-18)34-14-33-20/h5-8,10-11,15H,4,9,12-14H2,1-3H3,(H,26,30)/t15-/m0/s1. The molecule has 0 aromatic heterocycles. The Morgan fingerprint density at radius 3 is 2.49 bits per heavy atom. The third kappa shape index (κ3) is 6.71. The number of amides is 2. The number of hydrogen-bond donors (Lipinski definition) is 1. The molecule has 9 nitrogen and oxygen atoms in total. The van der Waals surface area contributed by atoms with Gasteiger partial charge in [0, 0.05) is 29.2 Å². The molecular weight excluding hydrogens is 517 g/mol. The molecule has 3 rings (SSSR count). The summed E-state index contributed by atoms with van der Waals surface area (Å²) in [6.07, 6.45) is 1.73. The Kier molecular flexibility index (Phi) is 8.74. The second kappa shape index (κ2) is 11.4. The van der Waals surface area contributed by atoms with Gasteiger partial charge in [-0.25, -0.2) is 8.42 Å². The molecule has 0 saturated carbocycles. The first-order chi connectivity index (χ1) is 16.5. The fraction of sp³-hybridized carbons (Fsp3) is 0.391. The van der Waals surface area contributed by atoms with Crippen LogP contribution in [0.5, 0.6) is 11.5 Å². The number of halogens is 2. The number of anilines is 1. The van der Waals surface area contributed by atoms with Crippen LogP contribution in [-0.4, -0.2) is 57.3 Å². The van der Waals surface area contributed by atoms with Gasteiger partial charge in [-0.15, -0.1) is 0 Å². The highest BCUT2D eigenvalue weighted by Gasteiger charge is 2.31. The lowest BCUT2D eigenvalue weighted by Gasteiger charge is -2.31. The van der Waals surface area contributed by atoms with Crippen LogP contribution in [-0.2, 0) is 26.2 Å². The molecular formula is C23H27Cl2N3O6S. The summed E-state index contributed by atoms with van der Waals surface area (Å²) in [5, 5.41) is 3.52. The zero-order valence-corrected chi connectivity index (χ0v) is 21.9. The van der Waals surface area contributed by atoms with Crippen molar-refractivity contribution in [1.29, 1.82) is 0 Å². The Morgan fingerprint density at radius 2 is 1.83 bits per heavy atom. The average molecular weight is 544 g/mol. The molecule has 2 amide bonds. The molecule has 1 atom stereocenters. The summed E-state index contributed by atoms with van der Waals surface area (Å²) in [4.78, 5) is 27.6. The molecule has 2 aromatic rings. The van der Waals surface area contributed by atoms with Crippen LogP contribution in [0.25, 0.3) is 0 Å². The SMILES string of the molecule is CCCNC(=O)[C@H](C)N(Cc1ccc(Cl)cc1Cl)C(=O)CN(c1ccc2c(c1)OCO2)S(C)(=O)=O. The molecule has 1 N–H and O–H groups in total. The van der Waals surface area contributed by atoms with Crippen LogP contribution >= 0.6 is 23.2 Å². The van der Waals surface area contributed by atoms with E-state index in [1.54, 1.807) is 31.2 Å². The van der Waals surface area contributed by atoms with E-state index in [9.17, 15) is 18.0 Å². The molecule has 0 saturated heterocycles. The predicted molar refractivity (Wildman–Crippen MR) is 135 cm³/mol. The van der Waals surface area contributed by atoms with Crippen LogP contribution < -0.4 is 19.1 Å². The fourth-order valence-electron chi connectivity index (χ4n) is 3.47. The predicted octanol–water partition coefficient (Wildman–Crippen LogP) is 3.43. The van der Waals surface area contributed by atoms with E-state index in [2.05, 4.69) is 5.32 Å². The molecule has 0 spiro atoms. The van der Waals surface area contributed by atoms with Gasteiger partial charge in [-0.2, -0.15) is 0 Å². The largest absolute Gasteiger partial charge is 0.454 e. The molecule has 0 unspecified atom stereocenters. The lowest BCUT2D eigenvalue weighted by molar-refractivity contribution is -0.139. The average Bonchev–Trinajstić information content (AvgIpc) is 3.27. The Balaban J connectivity index is 1.92. The van der Waals surface area contributed by atoms with E-state index in [1.807, 2.05) is 6.92 Å². The summed E-state index contributed by atoms with van der Waals surface area (Å²) < 4.78 is 36.9. The molecule has 12 heteroatoms. The van der Waals surface area contributed by atoms with E-state index >= 15 is 0 Å². The zero-order valence-electron chi connectivity index (χ0n) is 19.6. The summed E-state index contributed by atoms with van der Waals surface area (Å²) in [5.74, 6) is -0.0907. The summed E-state index contributed by atoms with van der Waals surface area (Å²) in [6.45, 7) is 3.41. The minimum absolute atomic E-state index is 0.0196. The Labute approximate surface area is 214 Å². The number of nitrogens with one attached hydrogen (secondary N) is 1. The van der Waals surface area contributed by atoms with Crippen molar-refractivity contribution in [2.75, 3.05) is 30.4 Å². The van der Waals surface area contributed by atoms with E-state index in [4.69, 9.17) is 32.7 Å². The van der Waals surface area contributed by atoms with Gasteiger partial charge in [0.25, 0.3) is 0 Å². The highest BCUT2D eigenvalue weighted by Crippen LogP contribution is 2.36.